The molecule has 2 bridgehead atoms. The van der Waals surface area contributed by atoms with Crippen LogP contribution in [-0.2, 0) is 28.7 Å². The molecule has 0 aromatic heterocycles. The molecule has 5 rings (SSSR count). The zero-order valence-electron chi connectivity index (χ0n) is 10.3. The highest BCUT2D eigenvalue weighted by Crippen LogP contribution is 2.69. The monoisotopic (exact) mass is 274 g/mol. The van der Waals surface area contributed by atoms with Gasteiger partial charge < -0.3 is 9.47 Å². The number of rotatable bonds is 0. The van der Waals surface area contributed by atoms with Crippen LogP contribution in [-0.4, -0.2) is 23.9 Å². The molecule has 20 heavy (non-hydrogen) atoms. The van der Waals surface area contributed by atoms with E-state index in [0.717, 1.165) is 6.42 Å². The van der Waals surface area contributed by atoms with E-state index in [1.54, 1.807) is 0 Å². The van der Waals surface area contributed by atoms with Crippen molar-refractivity contribution in [1.82, 2.24) is 0 Å². The summed E-state index contributed by atoms with van der Waals surface area (Å²) in [5.41, 5.74) is 0.994. The van der Waals surface area contributed by atoms with Gasteiger partial charge in [0.1, 0.15) is 0 Å². The molecule has 0 aromatic carbocycles. The zero-order chi connectivity index (χ0) is 13.8. The maximum atomic E-state index is 11.9. The maximum Gasteiger partial charge on any atom is 0.342 e. The zero-order valence-corrected chi connectivity index (χ0v) is 10.3. The predicted octanol–water partition coefficient (Wildman–Crippen LogP) is -0.0320. The fourth-order valence-electron chi connectivity index (χ4n) is 5.31. The predicted molar refractivity (Wildman–Crippen MR) is 59.4 cm³/mol. The van der Waals surface area contributed by atoms with E-state index in [9.17, 15) is 19.2 Å². The van der Waals surface area contributed by atoms with Crippen LogP contribution >= 0.6 is 0 Å². The summed E-state index contributed by atoms with van der Waals surface area (Å²) >= 11 is 0. The molecule has 3 fully saturated rings. The first kappa shape index (κ1) is 10.8. The first-order valence-electron chi connectivity index (χ1n) is 6.83. The van der Waals surface area contributed by atoms with Crippen molar-refractivity contribution < 1.29 is 28.7 Å². The number of carbonyl (C=O) groups is 4. The fourth-order valence-corrected chi connectivity index (χ4v) is 5.31. The summed E-state index contributed by atoms with van der Waals surface area (Å²) in [5, 5.41) is 0. The van der Waals surface area contributed by atoms with E-state index in [4.69, 9.17) is 4.74 Å². The third-order valence-electron chi connectivity index (χ3n) is 5.80. The Kier molecular flexibility index (Phi) is 1.63. The highest BCUT2D eigenvalue weighted by atomic mass is 16.6. The van der Waals surface area contributed by atoms with Gasteiger partial charge in [0.2, 0.25) is 0 Å². The number of cyclic esters (lactones) is 4. The number of ether oxygens (including phenoxy) is 2. The Labute approximate surface area is 113 Å². The summed E-state index contributed by atoms with van der Waals surface area (Å²) in [6, 6.07) is 0. The van der Waals surface area contributed by atoms with Crippen LogP contribution in [0.3, 0.4) is 0 Å². The average molecular weight is 274 g/mol. The average Bonchev–Trinajstić information content (AvgIpc) is 2.87. The first-order chi connectivity index (χ1) is 9.58. The van der Waals surface area contributed by atoms with Crippen molar-refractivity contribution in [3.05, 3.63) is 11.1 Å². The summed E-state index contributed by atoms with van der Waals surface area (Å²) in [4.78, 5) is 46.8. The van der Waals surface area contributed by atoms with E-state index < -0.39 is 23.9 Å². The molecule has 0 amide bonds. The summed E-state index contributed by atoms with van der Waals surface area (Å²) < 4.78 is 9.42. The molecule has 102 valence electrons. The first-order valence-corrected chi connectivity index (χ1v) is 6.83. The van der Waals surface area contributed by atoms with Gasteiger partial charge >= 0.3 is 23.9 Å². The molecular weight excluding hydrogens is 264 g/mol. The van der Waals surface area contributed by atoms with Gasteiger partial charge in [0.25, 0.3) is 0 Å². The van der Waals surface area contributed by atoms with Gasteiger partial charge in [-0.15, -0.1) is 0 Å². The molecule has 5 aliphatic rings. The highest BCUT2D eigenvalue weighted by molar-refractivity contribution is 6.15. The molecule has 0 spiro atoms. The van der Waals surface area contributed by atoms with E-state index in [-0.39, 0.29) is 41.9 Å². The summed E-state index contributed by atoms with van der Waals surface area (Å²) in [7, 11) is 0. The lowest BCUT2D eigenvalue weighted by molar-refractivity contribution is -0.174. The molecule has 2 heterocycles. The van der Waals surface area contributed by atoms with Crippen LogP contribution in [0.25, 0.3) is 0 Å². The Morgan fingerprint density at radius 2 is 1.40 bits per heavy atom. The standard InChI is InChI=1S/C14H10O6/c15-6-2-4-3-1-5(7(4)12(16)19-6)9-8(3)10-11(9)14(18)20-13(10)17/h3-5,7-9H,1-2H2. The van der Waals surface area contributed by atoms with Crippen molar-refractivity contribution >= 4 is 23.9 Å². The molecule has 0 radical (unpaired) electrons. The van der Waals surface area contributed by atoms with Crippen LogP contribution in [0.5, 0.6) is 0 Å². The van der Waals surface area contributed by atoms with Crippen molar-refractivity contribution in [2.45, 2.75) is 12.8 Å². The van der Waals surface area contributed by atoms with Gasteiger partial charge in [0.05, 0.1) is 17.1 Å². The summed E-state index contributed by atoms with van der Waals surface area (Å²) in [6.07, 6.45) is 1.03. The lowest BCUT2D eigenvalue weighted by Crippen LogP contribution is -2.49. The van der Waals surface area contributed by atoms with Crippen LogP contribution < -0.4 is 0 Å². The van der Waals surface area contributed by atoms with Crippen molar-refractivity contribution in [3.8, 4) is 0 Å². The van der Waals surface area contributed by atoms with E-state index in [2.05, 4.69) is 4.74 Å². The molecule has 6 unspecified atom stereocenters. The number of hydrogen-bond donors (Lipinski definition) is 0. The number of carbonyl (C=O) groups excluding carboxylic acids is 4. The van der Waals surface area contributed by atoms with Gasteiger partial charge in [-0.1, -0.05) is 0 Å². The quantitative estimate of drug-likeness (QED) is 0.455. The van der Waals surface area contributed by atoms with Gasteiger partial charge in [-0.3, -0.25) is 9.59 Å². The Bertz CT molecular complexity index is 659. The minimum Gasteiger partial charge on any atom is -0.393 e. The number of fused-ring (bicyclic) bond motifs is 10. The molecule has 0 N–H and O–H groups in total. The topological polar surface area (TPSA) is 86.7 Å². The van der Waals surface area contributed by atoms with Crippen LogP contribution in [0.1, 0.15) is 12.8 Å². The van der Waals surface area contributed by atoms with Gasteiger partial charge in [-0.05, 0) is 24.2 Å². The minimum atomic E-state index is -0.546. The Balaban J connectivity index is 1.60. The maximum absolute atomic E-state index is 11.9. The highest BCUT2D eigenvalue weighted by Gasteiger charge is 2.71. The molecule has 6 nitrogen and oxygen atoms in total. The molecule has 6 heteroatoms. The summed E-state index contributed by atoms with van der Waals surface area (Å²) in [5.74, 6) is -2.22. The molecule has 2 aliphatic heterocycles. The smallest absolute Gasteiger partial charge is 0.342 e. The SMILES string of the molecule is O=C1CC2C3CC(C2C(=O)O1)C1C2=C(C(=O)OC2=O)C31. The molecule has 1 saturated heterocycles. The van der Waals surface area contributed by atoms with Crippen molar-refractivity contribution in [1.29, 1.82) is 0 Å². The largest absolute Gasteiger partial charge is 0.393 e. The molecule has 3 aliphatic carbocycles. The van der Waals surface area contributed by atoms with Crippen molar-refractivity contribution in [2.75, 3.05) is 0 Å². The van der Waals surface area contributed by atoms with Gasteiger partial charge in [0, 0.05) is 18.3 Å². The normalized spacial score (nSPS) is 47.6. The van der Waals surface area contributed by atoms with Crippen LogP contribution in [0.4, 0.5) is 0 Å². The second-order valence-corrected chi connectivity index (χ2v) is 6.31. The van der Waals surface area contributed by atoms with Gasteiger partial charge in [-0.2, -0.15) is 0 Å². The van der Waals surface area contributed by atoms with Crippen molar-refractivity contribution in [3.63, 3.8) is 0 Å². The second-order valence-electron chi connectivity index (χ2n) is 6.31. The van der Waals surface area contributed by atoms with E-state index in [1.165, 1.54) is 0 Å². The lowest BCUT2D eigenvalue weighted by atomic mass is 9.56. The second kappa shape index (κ2) is 3.02. The van der Waals surface area contributed by atoms with E-state index in [1.807, 2.05) is 0 Å². The number of esters is 4. The van der Waals surface area contributed by atoms with Crippen molar-refractivity contribution in [2.24, 2.45) is 35.5 Å². The lowest BCUT2D eigenvalue weighted by Gasteiger charge is -2.45. The number of hydrogen-bond acceptors (Lipinski definition) is 6. The van der Waals surface area contributed by atoms with Crippen LogP contribution in [0.15, 0.2) is 11.1 Å². The molecule has 6 atom stereocenters. The fraction of sp³-hybridized carbons (Fsp3) is 0.571. The Hall–Kier alpha value is -1.98. The molecule has 2 saturated carbocycles. The van der Waals surface area contributed by atoms with Gasteiger partial charge in [0.15, 0.2) is 0 Å². The minimum absolute atomic E-state index is 0.00824. The Morgan fingerprint density at radius 3 is 2.10 bits per heavy atom. The Morgan fingerprint density at radius 1 is 0.750 bits per heavy atom. The third kappa shape index (κ3) is 0.940. The molecule has 0 aromatic rings. The van der Waals surface area contributed by atoms with E-state index >= 15 is 0 Å². The van der Waals surface area contributed by atoms with Crippen LogP contribution in [0.2, 0.25) is 0 Å². The molecular formula is C14H10O6. The van der Waals surface area contributed by atoms with Crippen LogP contribution in [0, 0.1) is 35.5 Å². The summed E-state index contributed by atoms with van der Waals surface area (Å²) in [6.45, 7) is 0. The van der Waals surface area contributed by atoms with E-state index in [0.29, 0.717) is 11.1 Å². The van der Waals surface area contributed by atoms with Gasteiger partial charge in [-0.25, -0.2) is 9.59 Å². The third-order valence-corrected chi connectivity index (χ3v) is 5.80.